The van der Waals surface area contributed by atoms with Crippen LogP contribution in [0, 0.1) is 13.8 Å². The van der Waals surface area contributed by atoms with Crippen LogP contribution in [0.5, 0.6) is 0 Å². The third kappa shape index (κ3) is 7.56. The average Bonchev–Trinajstić information content (AvgIpc) is 2.92. The maximum absolute atomic E-state index is 14.1. The Morgan fingerprint density at radius 1 is 0.950 bits per heavy atom. The Balaban J connectivity index is 2.08. The summed E-state index contributed by atoms with van der Waals surface area (Å²) in [7, 11) is -4.14. The molecule has 0 aliphatic rings. The van der Waals surface area contributed by atoms with Crippen LogP contribution in [0.3, 0.4) is 0 Å². The van der Waals surface area contributed by atoms with Crippen molar-refractivity contribution in [3.05, 3.63) is 93.5 Å². The highest BCUT2D eigenvalue weighted by Gasteiger charge is 2.33. The molecule has 0 heterocycles. The number of anilines is 1. The molecule has 1 N–H and O–H groups in total. The molecule has 3 aromatic carbocycles. The van der Waals surface area contributed by atoms with E-state index in [1.54, 1.807) is 56.3 Å². The van der Waals surface area contributed by atoms with Gasteiger partial charge in [0.1, 0.15) is 12.6 Å². The minimum absolute atomic E-state index is 0.0179. The number of rotatable bonds is 11. The molecule has 40 heavy (non-hydrogen) atoms. The van der Waals surface area contributed by atoms with E-state index in [-0.39, 0.29) is 23.4 Å². The molecule has 0 unspecified atom stereocenters. The van der Waals surface area contributed by atoms with Crippen LogP contribution >= 0.6 is 23.2 Å². The Morgan fingerprint density at radius 2 is 1.62 bits per heavy atom. The van der Waals surface area contributed by atoms with Gasteiger partial charge in [-0.2, -0.15) is 0 Å². The van der Waals surface area contributed by atoms with Gasteiger partial charge in [-0.25, -0.2) is 8.42 Å². The second-order valence-corrected chi connectivity index (χ2v) is 12.6. The van der Waals surface area contributed by atoms with E-state index in [2.05, 4.69) is 5.32 Å². The van der Waals surface area contributed by atoms with Gasteiger partial charge in [0.15, 0.2) is 0 Å². The molecule has 0 fully saturated rings. The quantitative estimate of drug-likeness (QED) is 0.285. The molecule has 214 valence electrons. The summed E-state index contributed by atoms with van der Waals surface area (Å²) >= 11 is 12.5. The maximum atomic E-state index is 14.1. The van der Waals surface area contributed by atoms with E-state index in [4.69, 9.17) is 23.2 Å². The van der Waals surface area contributed by atoms with Crippen molar-refractivity contribution in [1.29, 1.82) is 0 Å². The summed E-state index contributed by atoms with van der Waals surface area (Å²) in [4.78, 5) is 28.6. The molecule has 3 aromatic rings. The Bertz CT molecular complexity index is 1470. The molecule has 2 amide bonds. The van der Waals surface area contributed by atoms with E-state index >= 15 is 0 Å². The number of nitrogens with zero attached hydrogens (tertiary/aromatic N) is 2. The molecule has 7 nitrogen and oxygen atoms in total. The number of carbonyl (C=O) groups is 2. The van der Waals surface area contributed by atoms with Crippen molar-refractivity contribution in [2.45, 2.75) is 64.6 Å². The van der Waals surface area contributed by atoms with Gasteiger partial charge in [0.2, 0.25) is 11.8 Å². The lowest BCUT2D eigenvalue weighted by atomic mass is 10.1. The summed E-state index contributed by atoms with van der Waals surface area (Å²) in [6.07, 6.45) is 0.713. The Kier molecular flexibility index (Phi) is 10.6. The first-order valence-corrected chi connectivity index (χ1v) is 15.2. The minimum atomic E-state index is -4.14. The first-order valence-electron chi connectivity index (χ1n) is 13.0. The largest absolute Gasteiger partial charge is 0.352 e. The van der Waals surface area contributed by atoms with Crippen LogP contribution in [0.4, 0.5) is 5.69 Å². The Morgan fingerprint density at radius 3 is 2.25 bits per heavy atom. The number of halogens is 2. The van der Waals surface area contributed by atoms with E-state index in [1.807, 2.05) is 32.9 Å². The van der Waals surface area contributed by atoms with Crippen molar-refractivity contribution in [2.75, 3.05) is 10.8 Å². The highest BCUT2D eigenvalue weighted by molar-refractivity contribution is 7.92. The van der Waals surface area contributed by atoms with Gasteiger partial charge in [-0.3, -0.25) is 13.9 Å². The molecule has 0 aliphatic heterocycles. The van der Waals surface area contributed by atoms with Crippen LogP contribution in [-0.4, -0.2) is 43.8 Å². The van der Waals surface area contributed by atoms with Crippen LogP contribution in [0.15, 0.2) is 71.6 Å². The molecular weight excluding hydrogens is 569 g/mol. The molecule has 10 heteroatoms. The molecule has 0 saturated heterocycles. The number of sulfonamides is 1. The summed E-state index contributed by atoms with van der Waals surface area (Å²) in [5.41, 5.74) is 2.49. The topological polar surface area (TPSA) is 86.8 Å². The van der Waals surface area contributed by atoms with Crippen molar-refractivity contribution < 1.29 is 18.0 Å². The van der Waals surface area contributed by atoms with Crippen molar-refractivity contribution in [2.24, 2.45) is 0 Å². The smallest absolute Gasteiger partial charge is 0.264 e. The van der Waals surface area contributed by atoms with Crippen molar-refractivity contribution in [3.8, 4) is 0 Å². The molecule has 0 aliphatic carbocycles. The highest BCUT2D eigenvalue weighted by Crippen LogP contribution is 2.29. The molecular formula is C30H35Cl2N3O4S. The van der Waals surface area contributed by atoms with Gasteiger partial charge in [0, 0.05) is 22.6 Å². The number of aryl methyl sites for hydroxylation is 2. The summed E-state index contributed by atoms with van der Waals surface area (Å²) in [5.74, 6) is -0.907. The van der Waals surface area contributed by atoms with E-state index in [1.165, 1.54) is 17.0 Å². The zero-order chi connectivity index (χ0) is 29.6. The van der Waals surface area contributed by atoms with E-state index in [0.29, 0.717) is 33.3 Å². The molecule has 0 saturated carbocycles. The first kappa shape index (κ1) is 31.5. The number of nitrogens with one attached hydrogen (secondary N) is 1. The van der Waals surface area contributed by atoms with Gasteiger partial charge in [0.25, 0.3) is 10.0 Å². The predicted octanol–water partition coefficient (Wildman–Crippen LogP) is 6.14. The maximum Gasteiger partial charge on any atom is 0.264 e. The predicted molar refractivity (Wildman–Crippen MR) is 161 cm³/mol. The summed E-state index contributed by atoms with van der Waals surface area (Å²) in [6, 6.07) is 17.3. The number of hydrogen-bond donors (Lipinski definition) is 1. The third-order valence-electron chi connectivity index (χ3n) is 6.77. The second kappa shape index (κ2) is 13.5. The second-order valence-electron chi connectivity index (χ2n) is 9.87. The van der Waals surface area contributed by atoms with Gasteiger partial charge in [-0.15, -0.1) is 0 Å². The van der Waals surface area contributed by atoms with Crippen molar-refractivity contribution in [3.63, 3.8) is 0 Å². The Hall–Kier alpha value is -3.07. The summed E-state index contributed by atoms with van der Waals surface area (Å²) in [5, 5.41) is 3.68. The molecule has 3 rings (SSSR count). The van der Waals surface area contributed by atoms with Crippen molar-refractivity contribution >= 4 is 50.7 Å². The van der Waals surface area contributed by atoms with Crippen molar-refractivity contribution in [1.82, 2.24) is 10.2 Å². The third-order valence-corrected chi connectivity index (χ3v) is 9.13. The zero-order valence-corrected chi connectivity index (χ0v) is 25.6. The molecule has 0 bridgehead atoms. The normalized spacial score (nSPS) is 12.9. The standard InChI is InChI=1S/C30H35Cl2N3O4S/c1-6-22(4)33-30(37)23(5)34(18-24-14-15-25(31)17-27(24)32)29(36)19-35(28-16-20(2)12-13-21(28)3)40(38,39)26-10-8-7-9-11-26/h7-17,22-23H,6,18-19H2,1-5H3,(H,33,37)/t22-,23-/m0/s1. The molecule has 0 spiro atoms. The van der Waals surface area contributed by atoms with Gasteiger partial charge < -0.3 is 10.2 Å². The van der Waals surface area contributed by atoms with Gasteiger partial charge in [-0.05, 0) is 81.1 Å². The lowest BCUT2D eigenvalue weighted by molar-refractivity contribution is -0.139. The molecule has 2 atom stereocenters. The number of benzene rings is 3. The fourth-order valence-corrected chi connectivity index (χ4v) is 6.06. The number of carbonyl (C=O) groups excluding carboxylic acids is 2. The van der Waals surface area contributed by atoms with Crippen LogP contribution in [0.2, 0.25) is 10.0 Å². The highest BCUT2D eigenvalue weighted by atomic mass is 35.5. The SMILES string of the molecule is CC[C@H](C)NC(=O)[C@H](C)N(Cc1ccc(Cl)cc1Cl)C(=O)CN(c1cc(C)ccc1C)S(=O)(=O)c1ccccc1. The fourth-order valence-electron chi connectivity index (χ4n) is 4.10. The monoisotopic (exact) mass is 603 g/mol. The van der Waals surface area contributed by atoms with E-state index < -0.39 is 28.5 Å². The van der Waals surface area contributed by atoms with Crippen LogP contribution < -0.4 is 9.62 Å². The fraction of sp³-hybridized carbons (Fsp3) is 0.333. The minimum Gasteiger partial charge on any atom is -0.352 e. The average molecular weight is 605 g/mol. The van der Waals surface area contributed by atoms with Crippen LogP contribution in [0.25, 0.3) is 0 Å². The van der Waals surface area contributed by atoms with Gasteiger partial charge in [0.05, 0.1) is 10.6 Å². The van der Waals surface area contributed by atoms with Gasteiger partial charge in [-0.1, -0.05) is 66.5 Å². The number of amides is 2. The lowest BCUT2D eigenvalue weighted by Crippen LogP contribution is -2.52. The molecule has 0 radical (unpaired) electrons. The van der Waals surface area contributed by atoms with Crippen LogP contribution in [0.1, 0.15) is 43.9 Å². The zero-order valence-electron chi connectivity index (χ0n) is 23.3. The van der Waals surface area contributed by atoms with E-state index in [0.717, 1.165) is 9.87 Å². The Labute approximate surface area is 247 Å². The summed E-state index contributed by atoms with van der Waals surface area (Å²) in [6.45, 7) is 8.55. The summed E-state index contributed by atoms with van der Waals surface area (Å²) < 4.78 is 29.0. The van der Waals surface area contributed by atoms with E-state index in [9.17, 15) is 18.0 Å². The molecule has 0 aromatic heterocycles. The lowest BCUT2D eigenvalue weighted by Gasteiger charge is -2.33. The van der Waals surface area contributed by atoms with Crippen LogP contribution in [-0.2, 0) is 26.2 Å². The van der Waals surface area contributed by atoms with Gasteiger partial charge >= 0.3 is 0 Å². The first-order chi connectivity index (χ1) is 18.8. The number of hydrogen-bond acceptors (Lipinski definition) is 4.